The van der Waals surface area contributed by atoms with Crippen molar-refractivity contribution in [3.63, 3.8) is 0 Å². The quantitative estimate of drug-likeness (QED) is 0.634. The maximum absolute atomic E-state index is 11.8. The van der Waals surface area contributed by atoms with Gasteiger partial charge in [-0.25, -0.2) is 0 Å². The zero-order chi connectivity index (χ0) is 19.9. The van der Waals surface area contributed by atoms with Gasteiger partial charge in [-0.2, -0.15) is 0 Å². The van der Waals surface area contributed by atoms with Gasteiger partial charge in [-0.1, -0.05) is 25.5 Å². The van der Waals surface area contributed by atoms with Gasteiger partial charge < -0.3 is 10.4 Å². The van der Waals surface area contributed by atoms with Crippen molar-refractivity contribution >= 4 is 5.91 Å². The monoisotopic (exact) mass is 387 g/mol. The summed E-state index contributed by atoms with van der Waals surface area (Å²) < 4.78 is 0. The summed E-state index contributed by atoms with van der Waals surface area (Å²) in [6.45, 7) is 7.85. The lowest BCUT2D eigenvalue weighted by atomic mass is 9.47. The number of hydrogen-bond acceptors (Lipinski definition) is 2. The van der Waals surface area contributed by atoms with Crippen molar-refractivity contribution in [3.05, 3.63) is 11.6 Å². The SMILES string of the molecule is CCNC(=O)CCCC1CCC2C3CC=C4CC(O)CCC4(C)C3CCC12C. The van der Waals surface area contributed by atoms with Crippen LogP contribution in [0.2, 0.25) is 0 Å². The van der Waals surface area contributed by atoms with Crippen molar-refractivity contribution in [2.24, 2.45) is 34.5 Å². The summed E-state index contributed by atoms with van der Waals surface area (Å²) in [6.07, 6.45) is 15.2. The number of amides is 1. The third kappa shape index (κ3) is 3.36. The van der Waals surface area contributed by atoms with Crippen LogP contribution in [0.4, 0.5) is 0 Å². The van der Waals surface area contributed by atoms with Gasteiger partial charge in [0.2, 0.25) is 5.91 Å². The summed E-state index contributed by atoms with van der Waals surface area (Å²) in [7, 11) is 0. The standard InChI is InChI=1S/C25H41NO2/c1-4-26-23(28)7-5-6-17-9-11-21-20-10-8-18-16-19(27)12-14-25(18,3)22(20)13-15-24(17,21)2/h8,17,19-22,27H,4-7,9-16H2,1-3H3,(H,26,28). The zero-order valence-corrected chi connectivity index (χ0v) is 18.3. The second kappa shape index (κ2) is 7.78. The van der Waals surface area contributed by atoms with E-state index in [2.05, 4.69) is 25.2 Å². The third-order valence-corrected chi connectivity index (χ3v) is 9.60. The van der Waals surface area contributed by atoms with E-state index in [1.54, 1.807) is 5.57 Å². The lowest BCUT2D eigenvalue weighted by Crippen LogP contribution is -2.50. The van der Waals surface area contributed by atoms with Crippen molar-refractivity contribution in [1.29, 1.82) is 0 Å². The van der Waals surface area contributed by atoms with Crippen molar-refractivity contribution in [2.75, 3.05) is 6.54 Å². The van der Waals surface area contributed by atoms with Crippen LogP contribution in [0.25, 0.3) is 0 Å². The highest BCUT2D eigenvalue weighted by Crippen LogP contribution is 2.66. The first-order valence-electron chi connectivity index (χ1n) is 12.0. The molecule has 4 aliphatic carbocycles. The molecule has 0 aliphatic heterocycles. The van der Waals surface area contributed by atoms with Crippen LogP contribution >= 0.6 is 0 Å². The topological polar surface area (TPSA) is 49.3 Å². The fourth-order valence-corrected chi connectivity index (χ4v) is 8.02. The first-order valence-corrected chi connectivity index (χ1v) is 12.0. The molecule has 158 valence electrons. The third-order valence-electron chi connectivity index (χ3n) is 9.60. The molecular weight excluding hydrogens is 346 g/mol. The Morgan fingerprint density at radius 2 is 2.00 bits per heavy atom. The highest BCUT2D eigenvalue weighted by Gasteiger charge is 2.58. The Hall–Kier alpha value is -0.830. The van der Waals surface area contributed by atoms with Gasteiger partial charge in [0.1, 0.15) is 0 Å². The number of rotatable bonds is 5. The van der Waals surface area contributed by atoms with Crippen LogP contribution in [0.3, 0.4) is 0 Å². The van der Waals surface area contributed by atoms with Crippen molar-refractivity contribution in [2.45, 2.75) is 97.5 Å². The molecule has 4 rings (SSSR count). The van der Waals surface area contributed by atoms with E-state index in [1.165, 1.54) is 44.9 Å². The second-order valence-corrected chi connectivity index (χ2v) is 10.8. The number of nitrogens with one attached hydrogen (secondary N) is 1. The van der Waals surface area contributed by atoms with E-state index in [1.807, 2.05) is 6.92 Å². The number of carbonyl (C=O) groups is 1. The van der Waals surface area contributed by atoms with Gasteiger partial charge in [-0.3, -0.25) is 4.79 Å². The van der Waals surface area contributed by atoms with E-state index in [0.717, 1.165) is 49.5 Å². The molecule has 0 saturated heterocycles. The molecule has 0 spiro atoms. The summed E-state index contributed by atoms with van der Waals surface area (Å²) in [4.78, 5) is 11.8. The highest BCUT2D eigenvalue weighted by molar-refractivity contribution is 5.75. The summed E-state index contributed by atoms with van der Waals surface area (Å²) in [5.41, 5.74) is 2.41. The molecule has 3 fully saturated rings. The Kier molecular flexibility index (Phi) is 5.68. The van der Waals surface area contributed by atoms with Gasteiger partial charge in [-0.05, 0) is 106 Å². The second-order valence-electron chi connectivity index (χ2n) is 10.8. The first kappa shape index (κ1) is 20.4. The molecular formula is C25H41NO2. The Bertz CT molecular complexity index is 628. The summed E-state index contributed by atoms with van der Waals surface area (Å²) in [6, 6.07) is 0. The van der Waals surface area contributed by atoms with E-state index in [-0.39, 0.29) is 12.0 Å². The molecule has 3 heteroatoms. The Balaban J connectivity index is 1.44. The predicted molar refractivity (Wildman–Crippen MR) is 114 cm³/mol. The van der Waals surface area contributed by atoms with Gasteiger partial charge in [0.25, 0.3) is 0 Å². The van der Waals surface area contributed by atoms with Crippen LogP contribution in [0, 0.1) is 34.5 Å². The predicted octanol–water partition coefficient (Wildman–Crippen LogP) is 5.23. The van der Waals surface area contributed by atoms with Gasteiger partial charge in [0.15, 0.2) is 0 Å². The molecule has 0 aromatic carbocycles. The van der Waals surface area contributed by atoms with Crippen LogP contribution in [-0.4, -0.2) is 23.7 Å². The molecule has 7 atom stereocenters. The first-order chi connectivity index (χ1) is 13.4. The molecule has 0 bridgehead atoms. The van der Waals surface area contributed by atoms with E-state index < -0.39 is 0 Å². The molecule has 1 amide bonds. The van der Waals surface area contributed by atoms with E-state index in [4.69, 9.17) is 0 Å². The normalized spacial score (nSPS) is 44.9. The van der Waals surface area contributed by atoms with E-state index in [0.29, 0.717) is 17.3 Å². The minimum atomic E-state index is -0.106. The molecule has 2 N–H and O–H groups in total. The minimum Gasteiger partial charge on any atom is -0.393 e. The maximum atomic E-state index is 11.8. The largest absolute Gasteiger partial charge is 0.393 e. The molecule has 3 nitrogen and oxygen atoms in total. The fraction of sp³-hybridized carbons (Fsp3) is 0.880. The molecule has 7 unspecified atom stereocenters. The van der Waals surface area contributed by atoms with Crippen molar-refractivity contribution in [3.8, 4) is 0 Å². The number of hydrogen-bond donors (Lipinski definition) is 2. The maximum Gasteiger partial charge on any atom is 0.219 e. The average molecular weight is 388 g/mol. The van der Waals surface area contributed by atoms with Gasteiger partial charge in [-0.15, -0.1) is 0 Å². The lowest BCUT2D eigenvalue weighted by Gasteiger charge is -2.58. The number of allylic oxidation sites excluding steroid dienone is 1. The van der Waals surface area contributed by atoms with Crippen molar-refractivity contribution < 1.29 is 9.90 Å². The van der Waals surface area contributed by atoms with Gasteiger partial charge in [0, 0.05) is 13.0 Å². The molecule has 0 aromatic heterocycles. The molecule has 0 aromatic rings. The molecule has 3 saturated carbocycles. The molecule has 4 aliphatic rings. The lowest BCUT2D eigenvalue weighted by molar-refractivity contribution is -0.121. The van der Waals surface area contributed by atoms with Gasteiger partial charge in [0.05, 0.1) is 6.10 Å². The Labute approximate surface area is 171 Å². The Morgan fingerprint density at radius 1 is 1.18 bits per heavy atom. The van der Waals surface area contributed by atoms with Crippen LogP contribution in [0.1, 0.15) is 91.4 Å². The summed E-state index contributed by atoms with van der Waals surface area (Å²) in [5.74, 6) is 3.56. The van der Waals surface area contributed by atoms with E-state index in [9.17, 15) is 9.90 Å². The minimum absolute atomic E-state index is 0.106. The number of aliphatic hydroxyl groups is 1. The van der Waals surface area contributed by atoms with Crippen LogP contribution in [0.5, 0.6) is 0 Å². The summed E-state index contributed by atoms with van der Waals surface area (Å²) in [5, 5.41) is 13.1. The van der Waals surface area contributed by atoms with E-state index >= 15 is 0 Å². The number of aliphatic hydroxyl groups excluding tert-OH is 1. The molecule has 0 heterocycles. The number of carbonyl (C=O) groups excluding carboxylic acids is 1. The average Bonchev–Trinajstić information content (AvgIpc) is 2.99. The smallest absolute Gasteiger partial charge is 0.219 e. The molecule has 28 heavy (non-hydrogen) atoms. The van der Waals surface area contributed by atoms with Crippen LogP contribution in [-0.2, 0) is 4.79 Å². The number of fused-ring (bicyclic) bond motifs is 5. The van der Waals surface area contributed by atoms with Crippen LogP contribution < -0.4 is 5.32 Å². The highest BCUT2D eigenvalue weighted by atomic mass is 16.3. The van der Waals surface area contributed by atoms with Crippen LogP contribution in [0.15, 0.2) is 11.6 Å². The van der Waals surface area contributed by atoms with Gasteiger partial charge >= 0.3 is 0 Å². The summed E-state index contributed by atoms with van der Waals surface area (Å²) >= 11 is 0. The molecule has 0 radical (unpaired) electrons. The van der Waals surface area contributed by atoms with Crippen molar-refractivity contribution in [1.82, 2.24) is 5.32 Å². The zero-order valence-electron chi connectivity index (χ0n) is 18.3. The fourth-order valence-electron chi connectivity index (χ4n) is 8.02. The Morgan fingerprint density at radius 3 is 2.79 bits per heavy atom.